The quantitative estimate of drug-likeness (QED) is 0.595. The van der Waals surface area contributed by atoms with Crippen LogP contribution in [0.3, 0.4) is 0 Å². The number of aliphatic carboxylic acids is 1. The summed E-state index contributed by atoms with van der Waals surface area (Å²) in [5.41, 5.74) is 3.26. The fourth-order valence-corrected chi connectivity index (χ4v) is 4.82. The van der Waals surface area contributed by atoms with Crippen molar-refractivity contribution in [3.05, 3.63) is 47.0 Å². The molecular formula is C25H29N5O4. The molecule has 178 valence electrons. The van der Waals surface area contributed by atoms with E-state index in [0.717, 1.165) is 56.1 Å². The second-order valence-corrected chi connectivity index (χ2v) is 9.09. The highest BCUT2D eigenvalue weighted by atomic mass is 16.5. The summed E-state index contributed by atoms with van der Waals surface area (Å²) in [7, 11) is 1.68. The van der Waals surface area contributed by atoms with Gasteiger partial charge in [0.2, 0.25) is 0 Å². The molecule has 34 heavy (non-hydrogen) atoms. The van der Waals surface area contributed by atoms with Crippen molar-refractivity contribution in [3.63, 3.8) is 0 Å². The summed E-state index contributed by atoms with van der Waals surface area (Å²) >= 11 is 0. The molecule has 0 spiro atoms. The largest absolute Gasteiger partial charge is 0.481 e. The number of anilines is 2. The van der Waals surface area contributed by atoms with Crippen LogP contribution in [0.5, 0.6) is 0 Å². The SMILES string of the molecule is Cn1cnc2cc(-c3ccc(N4CCOCC4)cc3)nc(N[C@H]3CC[C@@H](C(=O)O)CC3)c2c1=O. The number of hydrogen-bond donors (Lipinski definition) is 2. The highest BCUT2D eigenvalue weighted by molar-refractivity contribution is 5.91. The lowest BCUT2D eigenvalue weighted by molar-refractivity contribution is -0.142. The Morgan fingerprint density at radius 1 is 1.12 bits per heavy atom. The smallest absolute Gasteiger partial charge is 0.306 e. The summed E-state index contributed by atoms with van der Waals surface area (Å²) in [6.07, 6.45) is 4.20. The number of rotatable bonds is 5. The molecule has 9 heteroatoms. The van der Waals surface area contributed by atoms with Gasteiger partial charge in [0, 0.05) is 37.4 Å². The number of benzene rings is 1. The standard InChI is InChI=1S/C25H29N5O4/c1-29-15-26-21-14-20(16-4-8-19(9-5-16)30-10-12-34-13-11-30)28-23(22(21)24(29)31)27-18-6-2-17(3-7-18)25(32)33/h4-5,8-9,14-15,17-18H,2-3,6-7,10-13H2,1H3,(H,27,28)(H,32,33)/t17-,18+. The summed E-state index contributed by atoms with van der Waals surface area (Å²) in [5.74, 6) is -0.520. The number of morpholine rings is 1. The molecule has 1 aromatic carbocycles. The number of carbonyl (C=O) groups is 1. The summed E-state index contributed by atoms with van der Waals surface area (Å²) in [6, 6.07) is 10.2. The van der Waals surface area contributed by atoms with E-state index in [1.165, 1.54) is 10.9 Å². The van der Waals surface area contributed by atoms with Gasteiger partial charge in [-0.15, -0.1) is 0 Å². The fraction of sp³-hybridized carbons (Fsp3) is 0.440. The molecule has 2 aliphatic rings. The van der Waals surface area contributed by atoms with Crippen molar-refractivity contribution in [2.24, 2.45) is 13.0 Å². The zero-order valence-electron chi connectivity index (χ0n) is 19.2. The Balaban J connectivity index is 1.47. The number of carboxylic acid groups (broad SMARTS) is 1. The number of nitrogens with zero attached hydrogens (tertiary/aromatic N) is 4. The third-order valence-electron chi connectivity index (χ3n) is 6.86. The maximum Gasteiger partial charge on any atom is 0.306 e. The Kier molecular flexibility index (Phi) is 6.19. The molecule has 0 amide bonds. The van der Waals surface area contributed by atoms with Crippen LogP contribution < -0.4 is 15.8 Å². The van der Waals surface area contributed by atoms with Crippen molar-refractivity contribution in [1.82, 2.24) is 14.5 Å². The van der Waals surface area contributed by atoms with E-state index in [1.807, 2.05) is 18.2 Å². The van der Waals surface area contributed by atoms with Gasteiger partial charge in [0.05, 0.1) is 36.7 Å². The van der Waals surface area contributed by atoms with Crippen molar-refractivity contribution in [1.29, 1.82) is 0 Å². The lowest BCUT2D eigenvalue weighted by Gasteiger charge is -2.29. The zero-order chi connectivity index (χ0) is 23.7. The van der Waals surface area contributed by atoms with E-state index in [4.69, 9.17) is 9.72 Å². The monoisotopic (exact) mass is 463 g/mol. The predicted molar refractivity (Wildman–Crippen MR) is 130 cm³/mol. The molecule has 0 atom stereocenters. The summed E-state index contributed by atoms with van der Waals surface area (Å²) in [5, 5.41) is 13.2. The number of aromatic nitrogens is 3. The second kappa shape index (κ2) is 9.42. The van der Waals surface area contributed by atoms with E-state index < -0.39 is 5.97 Å². The third-order valence-corrected chi connectivity index (χ3v) is 6.86. The van der Waals surface area contributed by atoms with Gasteiger partial charge < -0.3 is 24.6 Å². The maximum atomic E-state index is 12.9. The molecule has 3 aromatic rings. The molecule has 0 bridgehead atoms. The van der Waals surface area contributed by atoms with E-state index in [-0.39, 0.29) is 17.5 Å². The van der Waals surface area contributed by atoms with Crippen LogP contribution in [0.25, 0.3) is 22.2 Å². The number of ether oxygens (including phenoxy) is 1. The summed E-state index contributed by atoms with van der Waals surface area (Å²) in [6.45, 7) is 3.22. The minimum absolute atomic E-state index is 0.0650. The summed E-state index contributed by atoms with van der Waals surface area (Å²) in [4.78, 5) is 35.9. The average molecular weight is 464 g/mol. The Bertz CT molecular complexity index is 1240. The lowest BCUT2D eigenvalue weighted by Crippen LogP contribution is -2.36. The molecule has 2 fully saturated rings. The molecule has 1 saturated carbocycles. The van der Waals surface area contributed by atoms with Crippen LogP contribution in [-0.4, -0.2) is 58.0 Å². The fourth-order valence-electron chi connectivity index (χ4n) is 4.82. The molecule has 1 aliphatic carbocycles. The number of carboxylic acids is 1. The molecule has 3 heterocycles. The number of aryl methyl sites for hydroxylation is 1. The van der Waals surface area contributed by atoms with E-state index in [1.54, 1.807) is 7.05 Å². The molecule has 1 aliphatic heterocycles. The second-order valence-electron chi connectivity index (χ2n) is 9.09. The van der Waals surface area contributed by atoms with Crippen LogP contribution in [0.1, 0.15) is 25.7 Å². The molecule has 9 nitrogen and oxygen atoms in total. The maximum absolute atomic E-state index is 12.9. The zero-order valence-corrected chi connectivity index (χ0v) is 19.2. The molecule has 2 N–H and O–H groups in total. The number of pyridine rings is 1. The van der Waals surface area contributed by atoms with E-state index in [0.29, 0.717) is 29.6 Å². The van der Waals surface area contributed by atoms with Crippen molar-refractivity contribution >= 4 is 28.4 Å². The minimum Gasteiger partial charge on any atom is -0.481 e. The Morgan fingerprint density at radius 3 is 2.50 bits per heavy atom. The van der Waals surface area contributed by atoms with Crippen LogP contribution in [0.15, 0.2) is 41.5 Å². The summed E-state index contributed by atoms with van der Waals surface area (Å²) < 4.78 is 6.90. The van der Waals surface area contributed by atoms with Gasteiger partial charge in [-0.1, -0.05) is 12.1 Å². The highest BCUT2D eigenvalue weighted by Gasteiger charge is 2.27. The molecule has 2 aromatic heterocycles. The Labute approximate surface area is 197 Å². The first-order valence-corrected chi connectivity index (χ1v) is 11.8. The van der Waals surface area contributed by atoms with Crippen LogP contribution in [0.4, 0.5) is 11.5 Å². The topological polar surface area (TPSA) is 110 Å². The minimum atomic E-state index is -0.734. The number of fused-ring (bicyclic) bond motifs is 1. The molecule has 0 unspecified atom stereocenters. The van der Waals surface area contributed by atoms with Gasteiger partial charge in [0.1, 0.15) is 11.2 Å². The van der Waals surface area contributed by atoms with Crippen molar-refractivity contribution < 1.29 is 14.6 Å². The predicted octanol–water partition coefficient (Wildman–Crippen LogP) is 2.89. The van der Waals surface area contributed by atoms with Crippen molar-refractivity contribution in [3.8, 4) is 11.3 Å². The lowest BCUT2D eigenvalue weighted by atomic mass is 9.86. The van der Waals surface area contributed by atoms with Crippen LogP contribution in [-0.2, 0) is 16.6 Å². The molecule has 1 saturated heterocycles. The van der Waals surface area contributed by atoms with Crippen LogP contribution in [0.2, 0.25) is 0 Å². The first-order valence-electron chi connectivity index (χ1n) is 11.8. The normalized spacial score (nSPS) is 20.9. The van der Waals surface area contributed by atoms with Gasteiger partial charge in [0.25, 0.3) is 5.56 Å². The van der Waals surface area contributed by atoms with Gasteiger partial charge in [0.15, 0.2) is 0 Å². The first kappa shape index (κ1) is 22.3. The van der Waals surface area contributed by atoms with Crippen molar-refractivity contribution in [2.75, 3.05) is 36.5 Å². The molecule has 0 radical (unpaired) electrons. The van der Waals surface area contributed by atoms with Gasteiger partial charge in [-0.2, -0.15) is 0 Å². The number of hydrogen-bond acceptors (Lipinski definition) is 7. The first-order chi connectivity index (χ1) is 16.5. The third kappa shape index (κ3) is 4.48. The van der Waals surface area contributed by atoms with E-state index >= 15 is 0 Å². The van der Waals surface area contributed by atoms with Crippen LogP contribution >= 0.6 is 0 Å². The molecule has 5 rings (SSSR count). The highest BCUT2D eigenvalue weighted by Crippen LogP contribution is 2.30. The van der Waals surface area contributed by atoms with Crippen molar-refractivity contribution in [2.45, 2.75) is 31.7 Å². The average Bonchev–Trinajstić information content (AvgIpc) is 2.87. The van der Waals surface area contributed by atoms with Gasteiger partial charge in [-0.05, 0) is 43.9 Å². The Morgan fingerprint density at radius 2 is 1.82 bits per heavy atom. The van der Waals surface area contributed by atoms with Gasteiger partial charge >= 0.3 is 5.97 Å². The van der Waals surface area contributed by atoms with Gasteiger partial charge in [-0.3, -0.25) is 9.59 Å². The Hall–Kier alpha value is -3.46. The van der Waals surface area contributed by atoms with E-state index in [2.05, 4.69) is 27.3 Å². The number of nitrogens with one attached hydrogen (secondary N) is 1. The molecular weight excluding hydrogens is 434 g/mol. The van der Waals surface area contributed by atoms with E-state index in [9.17, 15) is 14.7 Å². The van der Waals surface area contributed by atoms with Gasteiger partial charge in [-0.25, -0.2) is 9.97 Å². The van der Waals surface area contributed by atoms with Crippen LogP contribution in [0, 0.1) is 5.92 Å².